The molecule has 0 spiro atoms. The van der Waals surface area contributed by atoms with Crippen molar-refractivity contribution in [2.45, 2.75) is 20.0 Å². The van der Waals surface area contributed by atoms with E-state index in [0.717, 1.165) is 34.4 Å². The van der Waals surface area contributed by atoms with Crippen molar-refractivity contribution in [1.29, 1.82) is 0 Å². The molecule has 0 bridgehead atoms. The molecule has 2 aromatic heterocycles. The molecule has 0 saturated heterocycles. The molecule has 0 radical (unpaired) electrons. The summed E-state index contributed by atoms with van der Waals surface area (Å²) in [6.45, 7) is 3.65. The minimum atomic E-state index is 0.637. The van der Waals surface area contributed by atoms with E-state index < -0.39 is 0 Å². The van der Waals surface area contributed by atoms with Gasteiger partial charge in [-0.3, -0.25) is 0 Å². The molecule has 158 valence electrons. The average Bonchev–Trinajstić information content (AvgIpc) is 3.35. The molecule has 2 heterocycles. The molecule has 6 nitrogen and oxygen atoms in total. The smallest absolute Gasteiger partial charge is 0.339 e. The maximum absolute atomic E-state index is 4.81. The van der Waals surface area contributed by atoms with Crippen molar-refractivity contribution in [1.82, 2.24) is 18.9 Å². The van der Waals surface area contributed by atoms with Crippen LogP contribution in [0.1, 0.15) is 12.5 Å². The van der Waals surface area contributed by atoms with Crippen molar-refractivity contribution in [2.24, 2.45) is 12.2 Å². The molecule has 5 aromatic rings. The molecule has 0 aliphatic heterocycles. The Morgan fingerprint density at radius 2 is 1.56 bits per heavy atom. The summed E-state index contributed by atoms with van der Waals surface area (Å²) in [4.78, 5) is 4.69. The quantitative estimate of drug-likeness (QED) is 0.297. The summed E-state index contributed by atoms with van der Waals surface area (Å²) < 4.78 is 6.08. The second kappa shape index (κ2) is 8.53. The fourth-order valence-electron chi connectivity index (χ4n) is 4.11. The average molecular weight is 422 g/mol. The van der Waals surface area contributed by atoms with Gasteiger partial charge < -0.3 is 4.57 Å². The van der Waals surface area contributed by atoms with Crippen molar-refractivity contribution in [2.75, 3.05) is 0 Å². The van der Waals surface area contributed by atoms with Gasteiger partial charge in [-0.05, 0) is 23.7 Å². The van der Waals surface area contributed by atoms with Crippen molar-refractivity contribution in [3.05, 3.63) is 102 Å². The molecule has 0 amide bonds. The number of para-hydroxylation sites is 1. The first kappa shape index (κ1) is 19.8. The molecule has 0 atom stereocenters. The first-order chi connectivity index (χ1) is 15.8. The Morgan fingerprint density at radius 1 is 0.875 bits per heavy atom. The number of fused-ring (bicyclic) bond motifs is 1. The van der Waals surface area contributed by atoms with Gasteiger partial charge in [0, 0.05) is 17.5 Å². The van der Waals surface area contributed by atoms with E-state index in [-0.39, 0.29) is 0 Å². The topological polar surface area (TPSA) is 54.1 Å². The summed E-state index contributed by atoms with van der Waals surface area (Å²) in [5.41, 5.74) is 6.10. The SMILES string of the molecule is CCn1c(-c2ccccc2)c(N=[N+]=c2n(C)cnn2Cc2ccccc2)c2ccccc21. The number of benzene rings is 3. The van der Waals surface area contributed by atoms with Crippen molar-refractivity contribution in [3.63, 3.8) is 0 Å². The van der Waals surface area contributed by atoms with Gasteiger partial charge in [0.25, 0.3) is 0 Å². The highest BCUT2D eigenvalue weighted by Crippen LogP contribution is 2.39. The van der Waals surface area contributed by atoms with Crippen LogP contribution in [-0.4, -0.2) is 23.7 Å². The highest BCUT2D eigenvalue weighted by atomic mass is 15.4. The summed E-state index contributed by atoms with van der Waals surface area (Å²) in [6.07, 6.45) is 1.77. The number of aryl methyl sites for hydroxylation is 2. The van der Waals surface area contributed by atoms with Gasteiger partial charge in [-0.1, -0.05) is 84.0 Å². The molecule has 32 heavy (non-hydrogen) atoms. The van der Waals surface area contributed by atoms with Gasteiger partial charge in [0.1, 0.15) is 12.2 Å². The van der Waals surface area contributed by atoms with Crippen LogP contribution < -0.4 is 5.62 Å². The van der Waals surface area contributed by atoms with Crippen LogP contribution in [0.3, 0.4) is 0 Å². The second-order valence-electron chi connectivity index (χ2n) is 7.71. The maximum Gasteiger partial charge on any atom is 0.498 e. The summed E-state index contributed by atoms with van der Waals surface area (Å²) in [7, 11) is 1.94. The lowest BCUT2D eigenvalue weighted by Gasteiger charge is -2.08. The fraction of sp³-hybridized carbons (Fsp3) is 0.154. The van der Waals surface area contributed by atoms with Crippen molar-refractivity contribution in [3.8, 4) is 11.3 Å². The van der Waals surface area contributed by atoms with Crippen molar-refractivity contribution >= 4 is 16.6 Å². The van der Waals surface area contributed by atoms with E-state index >= 15 is 0 Å². The van der Waals surface area contributed by atoms with E-state index in [1.54, 1.807) is 6.33 Å². The Bertz CT molecular complexity index is 1470. The van der Waals surface area contributed by atoms with E-state index in [2.05, 4.69) is 77.3 Å². The standard InChI is InChI=1S/C26H25N6/c1-3-31-23-17-11-10-16-22(23)24(25(31)21-14-8-5-9-15-21)28-29-26-30(2)19-27-32(26)18-20-12-6-4-7-13-20/h4-17,19H,3,18H2,1-2H3/q+1. The predicted molar refractivity (Wildman–Crippen MR) is 125 cm³/mol. The molecular weight excluding hydrogens is 396 g/mol. The molecule has 3 aromatic carbocycles. The third-order valence-electron chi connectivity index (χ3n) is 5.63. The van der Waals surface area contributed by atoms with Gasteiger partial charge in [0.15, 0.2) is 6.33 Å². The Kier molecular flexibility index (Phi) is 5.28. The van der Waals surface area contributed by atoms with Crippen LogP contribution in [0.15, 0.2) is 96.4 Å². The van der Waals surface area contributed by atoms with Crippen LogP contribution >= 0.6 is 0 Å². The summed E-state index contributed by atoms with van der Waals surface area (Å²) in [5, 5.41) is 10.4. The Hall–Kier alpha value is -4.15. The summed E-state index contributed by atoms with van der Waals surface area (Å²) >= 11 is 0. The molecule has 0 N–H and O–H groups in total. The van der Waals surface area contributed by atoms with Crippen LogP contribution in [-0.2, 0) is 20.1 Å². The van der Waals surface area contributed by atoms with E-state index in [4.69, 9.17) is 9.90 Å². The van der Waals surface area contributed by atoms with Gasteiger partial charge in [0.2, 0.25) is 0 Å². The lowest BCUT2D eigenvalue weighted by Crippen LogP contribution is -2.26. The molecule has 5 rings (SSSR count). The van der Waals surface area contributed by atoms with Gasteiger partial charge in [0.05, 0.1) is 18.3 Å². The summed E-state index contributed by atoms with van der Waals surface area (Å²) in [5.74, 6) is 0. The lowest BCUT2D eigenvalue weighted by molar-refractivity contribution is -0.152. The van der Waals surface area contributed by atoms with Gasteiger partial charge in [-0.15, -0.1) is 9.47 Å². The molecule has 6 heteroatoms. The van der Waals surface area contributed by atoms with Crippen LogP contribution in [0.5, 0.6) is 0 Å². The number of hydrogen-bond acceptors (Lipinski definition) is 2. The monoisotopic (exact) mass is 421 g/mol. The number of aromatic nitrogens is 4. The second-order valence-corrected chi connectivity index (χ2v) is 7.71. The minimum absolute atomic E-state index is 0.637. The van der Waals surface area contributed by atoms with Gasteiger partial charge in [-0.25, -0.2) is 4.57 Å². The normalized spacial score (nSPS) is 10.9. The largest absolute Gasteiger partial charge is 0.498 e. The number of hydrogen-bond donors (Lipinski definition) is 0. The minimum Gasteiger partial charge on any atom is -0.339 e. The zero-order chi connectivity index (χ0) is 21.9. The van der Waals surface area contributed by atoms with E-state index in [9.17, 15) is 0 Å². The Labute approximate surface area is 186 Å². The van der Waals surface area contributed by atoms with E-state index in [1.165, 1.54) is 5.56 Å². The van der Waals surface area contributed by atoms with Gasteiger partial charge >= 0.3 is 5.62 Å². The fourth-order valence-corrected chi connectivity index (χ4v) is 4.11. The third kappa shape index (κ3) is 3.57. The Balaban J connectivity index is 1.74. The van der Waals surface area contributed by atoms with E-state index in [0.29, 0.717) is 12.2 Å². The van der Waals surface area contributed by atoms with Crippen LogP contribution in [0.25, 0.3) is 22.2 Å². The Morgan fingerprint density at radius 3 is 2.31 bits per heavy atom. The molecule has 0 fully saturated rings. The molecular formula is C26H25N6+. The van der Waals surface area contributed by atoms with Crippen LogP contribution in [0, 0.1) is 0 Å². The van der Waals surface area contributed by atoms with E-state index in [1.807, 2.05) is 40.6 Å². The predicted octanol–water partition coefficient (Wildman–Crippen LogP) is 4.80. The van der Waals surface area contributed by atoms with Crippen LogP contribution in [0.4, 0.5) is 5.69 Å². The molecule has 0 aliphatic carbocycles. The zero-order valence-corrected chi connectivity index (χ0v) is 18.3. The first-order valence-corrected chi connectivity index (χ1v) is 10.8. The first-order valence-electron chi connectivity index (χ1n) is 10.8. The van der Waals surface area contributed by atoms with Gasteiger partial charge in [-0.2, -0.15) is 0 Å². The molecule has 0 aliphatic rings. The molecule has 0 saturated carbocycles. The van der Waals surface area contributed by atoms with Crippen LogP contribution in [0.2, 0.25) is 0 Å². The summed E-state index contributed by atoms with van der Waals surface area (Å²) in [6, 6.07) is 29.0. The molecule has 0 unspecified atom stereocenters. The zero-order valence-electron chi connectivity index (χ0n) is 18.3. The highest BCUT2D eigenvalue weighted by molar-refractivity contribution is 6.00. The highest BCUT2D eigenvalue weighted by Gasteiger charge is 2.19. The number of nitrogens with zero attached hydrogens (tertiary/aromatic N) is 6. The lowest BCUT2D eigenvalue weighted by atomic mass is 10.1. The maximum atomic E-state index is 4.81. The number of rotatable bonds is 5. The third-order valence-corrected chi connectivity index (χ3v) is 5.63. The van der Waals surface area contributed by atoms with Crippen molar-refractivity contribution < 1.29 is 4.79 Å².